The Bertz CT molecular complexity index is 509. The first-order valence-corrected chi connectivity index (χ1v) is 6.94. The van der Waals surface area contributed by atoms with E-state index < -0.39 is 0 Å². The number of nitrogens with zero attached hydrogens (tertiary/aromatic N) is 1. The average Bonchev–Trinajstić information content (AvgIpc) is 2.96. The number of amides is 1. The number of benzene rings is 1. The van der Waals surface area contributed by atoms with Gasteiger partial charge < -0.3 is 10.1 Å². The van der Waals surface area contributed by atoms with E-state index in [9.17, 15) is 4.79 Å². The molecule has 0 aliphatic rings. The first-order chi connectivity index (χ1) is 9.28. The molecule has 0 aliphatic carbocycles. The lowest BCUT2D eigenvalue weighted by molar-refractivity contribution is -0.121. The van der Waals surface area contributed by atoms with Crippen molar-refractivity contribution in [3.8, 4) is 5.75 Å². The monoisotopic (exact) mass is 276 g/mol. The summed E-state index contributed by atoms with van der Waals surface area (Å²) >= 11 is 1.54. The Hall–Kier alpha value is -1.88. The molecular weight excluding hydrogens is 260 g/mol. The van der Waals surface area contributed by atoms with E-state index in [2.05, 4.69) is 10.3 Å². The van der Waals surface area contributed by atoms with Gasteiger partial charge in [-0.2, -0.15) is 0 Å². The predicted molar refractivity (Wildman–Crippen MR) is 75.3 cm³/mol. The van der Waals surface area contributed by atoms with E-state index >= 15 is 0 Å². The minimum atomic E-state index is 0.0472. The number of aromatic nitrogens is 1. The first-order valence-electron chi connectivity index (χ1n) is 6.06. The van der Waals surface area contributed by atoms with E-state index in [0.717, 1.165) is 22.7 Å². The van der Waals surface area contributed by atoms with Gasteiger partial charge in [-0.1, -0.05) is 12.1 Å². The molecule has 1 aromatic carbocycles. The number of carbonyl (C=O) groups excluding carboxylic acids is 1. The highest BCUT2D eigenvalue weighted by Gasteiger charge is 2.03. The summed E-state index contributed by atoms with van der Waals surface area (Å²) in [5.74, 6) is 0.878. The molecule has 0 saturated heterocycles. The van der Waals surface area contributed by atoms with E-state index in [4.69, 9.17) is 4.74 Å². The lowest BCUT2D eigenvalue weighted by atomic mass is 10.1. The molecule has 2 rings (SSSR count). The summed E-state index contributed by atoms with van der Waals surface area (Å²) in [6.45, 7) is 0.513. The molecule has 1 amide bonds. The Morgan fingerprint density at radius 3 is 2.79 bits per heavy atom. The number of hydrogen-bond donors (Lipinski definition) is 1. The molecule has 0 saturated carbocycles. The van der Waals surface area contributed by atoms with E-state index in [1.54, 1.807) is 24.6 Å². The molecule has 2 aromatic rings. The third kappa shape index (κ3) is 4.37. The summed E-state index contributed by atoms with van der Waals surface area (Å²) in [5, 5.41) is 5.69. The second kappa shape index (κ2) is 6.89. The number of ether oxygens (including phenoxy) is 1. The fourth-order valence-corrected chi connectivity index (χ4v) is 2.21. The molecule has 4 nitrogen and oxygen atoms in total. The fourth-order valence-electron chi connectivity index (χ4n) is 1.65. The molecule has 0 spiro atoms. The summed E-state index contributed by atoms with van der Waals surface area (Å²) in [6.07, 6.45) is 2.95. The molecule has 0 unspecified atom stereocenters. The van der Waals surface area contributed by atoms with Gasteiger partial charge >= 0.3 is 0 Å². The van der Waals surface area contributed by atoms with Gasteiger partial charge in [0.25, 0.3) is 0 Å². The van der Waals surface area contributed by atoms with Crippen LogP contribution < -0.4 is 10.1 Å². The van der Waals surface area contributed by atoms with Gasteiger partial charge in [0.1, 0.15) is 10.8 Å². The molecule has 5 heteroatoms. The van der Waals surface area contributed by atoms with Crippen LogP contribution in [0.3, 0.4) is 0 Å². The van der Waals surface area contributed by atoms with Crippen molar-refractivity contribution in [2.45, 2.75) is 19.4 Å². The van der Waals surface area contributed by atoms with Crippen molar-refractivity contribution in [3.63, 3.8) is 0 Å². The molecule has 0 aliphatic heterocycles. The summed E-state index contributed by atoms with van der Waals surface area (Å²) in [6, 6.07) is 7.77. The molecule has 19 heavy (non-hydrogen) atoms. The van der Waals surface area contributed by atoms with Crippen molar-refractivity contribution in [2.75, 3.05) is 7.11 Å². The molecule has 1 aromatic heterocycles. The molecule has 0 radical (unpaired) electrons. The van der Waals surface area contributed by atoms with Crippen LogP contribution in [0.15, 0.2) is 35.8 Å². The molecule has 0 bridgehead atoms. The Labute approximate surface area is 116 Å². The number of aryl methyl sites for hydroxylation is 1. The highest BCUT2D eigenvalue weighted by Crippen LogP contribution is 2.12. The summed E-state index contributed by atoms with van der Waals surface area (Å²) in [5.41, 5.74) is 1.13. The quantitative estimate of drug-likeness (QED) is 0.881. The minimum Gasteiger partial charge on any atom is -0.497 e. The SMILES string of the molecule is COc1ccc(CCC(=O)NCc2nccs2)cc1. The Kier molecular flexibility index (Phi) is 4.92. The van der Waals surface area contributed by atoms with Gasteiger partial charge in [-0.3, -0.25) is 4.79 Å². The van der Waals surface area contributed by atoms with Crippen LogP contribution in [-0.2, 0) is 17.8 Å². The van der Waals surface area contributed by atoms with Crippen molar-refractivity contribution in [1.82, 2.24) is 10.3 Å². The zero-order chi connectivity index (χ0) is 13.5. The van der Waals surface area contributed by atoms with Crippen LogP contribution >= 0.6 is 11.3 Å². The van der Waals surface area contributed by atoms with Gasteiger partial charge in [0, 0.05) is 18.0 Å². The van der Waals surface area contributed by atoms with Crippen molar-refractivity contribution in [3.05, 3.63) is 46.4 Å². The van der Waals surface area contributed by atoms with Gasteiger partial charge in [0.15, 0.2) is 0 Å². The number of nitrogens with one attached hydrogen (secondary N) is 1. The maximum absolute atomic E-state index is 11.7. The van der Waals surface area contributed by atoms with Crippen LogP contribution in [0.5, 0.6) is 5.75 Å². The maximum Gasteiger partial charge on any atom is 0.220 e. The molecule has 0 atom stereocenters. The molecule has 1 N–H and O–H groups in total. The topological polar surface area (TPSA) is 51.2 Å². The molecule has 0 fully saturated rings. The van der Waals surface area contributed by atoms with Crippen molar-refractivity contribution >= 4 is 17.2 Å². The van der Waals surface area contributed by atoms with Crippen LogP contribution in [0, 0.1) is 0 Å². The van der Waals surface area contributed by atoms with E-state index in [-0.39, 0.29) is 5.91 Å². The van der Waals surface area contributed by atoms with Crippen molar-refractivity contribution in [2.24, 2.45) is 0 Å². The van der Waals surface area contributed by atoms with Gasteiger partial charge in [-0.05, 0) is 24.1 Å². The standard InChI is InChI=1S/C14H16N2O2S/c1-18-12-5-2-11(3-6-12)4-7-13(17)16-10-14-15-8-9-19-14/h2-3,5-6,8-9H,4,7,10H2,1H3,(H,16,17). The van der Waals surface area contributed by atoms with Gasteiger partial charge in [-0.15, -0.1) is 11.3 Å². The zero-order valence-corrected chi connectivity index (χ0v) is 11.6. The molecule has 1 heterocycles. The summed E-state index contributed by atoms with van der Waals surface area (Å²) in [4.78, 5) is 15.8. The first kappa shape index (κ1) is 13.5. The number of rotatable bonds is 6. The van der Waals surface area contributed by atoms with Crippen LogP contribution in [0.4, 0.5) is 0 Å². The van der Waals surface area contributed by atoms with Gasteiger partial charge in [-0.25, -0.2) is 4.98 Å². The Morgan fingerprint density at radius 2 is 2.16 bits per heavy atom. The lowest BCUT2D eigenvalue weighted by Crippen LogP contribution is -2.22. The lowest BCUT2D eigenvalue weighted by Gasteiger charge is -2.04. The second-order valence-corrected chi connectivity index (χ2v) is 5.03. The van der Waals surface area contributed by atoms with Crippen LogP contribution in [0.2, 0.25) is 0 Å². The molecular formula is C14H16N2O2S. The van der Waals surface area contributed by atoms with Gasteiger partial charge in [0.05, 0.1) is 13.7 Å². The van der Waals surface area contributed by atoms with Crippen molar-refractivity contribution in [1.29, 1.82) is 0 Å². The van der Waals surface area contributed by atoms with E-state index in [1.807, 2.05) is 29.6 Å². The van der Waals surface area contributed by atoms with Crippen LogP contribution in [0.25, 0.3) is 0 Å². The van der Waals surface area contributed by atoms with Crippen LogP contribution in [0.1, 0.15) is 17.0 Å². The van der Waals surface area contributed by atoms with Crippen molar-refractivity contribution < 1.29 is 9.53 Å². The summed E-state index contributed by atoms with van der Waals surface area (Å²) < 4.78 is 5.09. The smallest absolute Gasteiger partial charge is 0.220 e. The highest BCUT2D eigenvalue weighted by molar-refractivity contribution is 7.09. The number of thiazole rings is 1. The fraction of sp³-hybridized carbons (Fsp3) is 0.286. The minimum absolute atomic E-state index is 0.0472. The molecule has 100 valence electrons. The number of hydrogen-bond acceptors (Lipinski definition) is 4. The van der Waals surface area contributed by atoms with E-state index in [1.165, 1.54) is 0 Å². The predicted octanol–water partition coefficient (Wildman–Crippen LogP) is 2.40. The Balaban J connectivity index is 1.73. The second-order valence-electron chi connectivity index (χ2n) is 4.05. The number of carbonyl (C=O) groups is 1. The van der Waals surface area contributed by atoms with Gasteiger partial charge in [0.2, 0.25) is 5.91 Å². The zero-order valence-electron chi connectivity index (χ0n) is 10.8. The maximum atomic E-state index is 11.7. The highest BCUT2D eigenvalue weighted by atomic mass is 32.1. The number of methoxy groups -OCH3 is 1. The normalized spacial score (nSPS) is 10.2. The van der Waals surface area contributed by atoms with E-state index in [0.29, 0.717) is 13.0 Å². The Morgan fingerprint density at radius 1 is 1.37 bits per heavy atom. The summed E-state index contributed by atoms with van der Waals surface area (Å²) in [7, 11) is 1.64. The van der Waals surface area contributed by atoms with Crippen LogP contribution in [-0.4, -0.2) is 18.0 Å². The average molecular weight is 276 g/mol. The largest absolute Gasteiger partial charge is 0.497 e. The third-order valence-corrected chi connectivity index (χ3v) is 3.50. The third-order valence-electron chi connectivity index (χ3n) is 2.72.